The highest BCUT2D eigenvalue weighted by Gasteiger charge is 2.34. The van der Waals surface area contributed by atoms with Gasteiger partial charge in [-0.1, -0.05) is 132 Å². The normalized spacial score (nSPS) is 12.2. The fourth-order valence-electron chi connectivity index (χ4n) is 3.92. The van der Waals surface area contributed by atoms with Gasteiger partial charge in [-0.3, -0.25) is 4.79 Å². The second-order valence-corrected chi connectivity index (χ2v) is 13.4. The maximum Gasteiger partial charge on any atom is 0.228 e. The summed E-state index contributed by atoms with van der Waals surface area (Å²) in [5, 5.41) is 8.95. The van der Waals surface area contributed by atoms with Gasteiger partial charge in [0.1, 0.15) is 6.17 Å². The van der Waals surface area contributed by atoms with Gasteiger partial charge >= 0.3 is 0 Å². The molecule has 3 N–H and O–H groups in total. The summed E-state index contributed by atoms with van der Waals surface area (Å²) in [6, 6.07) is 7.71. The lowest BCUT2D eigenvalue weighted by molar-refractivity contribution is -0.122. The van der Waals surface area contributed by atoms with Crippen molar-refractivity contribution in [1.82, 2.24) is 10.6 Å². The van der Waals surface area contributed by atoms with E-state index in [-0.39, 0.29) is 11.0 Å². The van der Waals surface area contributed by atoms with E-state index in [4.69, 9.17) is 47.0 Å². The summed E-state index contributed by atoms with van der Waals surface area (Å²) in [6.07, 6.45) is 18.7. The molecule has 0 aromatic heterocycles. The van der Waals surface area contributed by atoms with Crippen molar-refractivity contribution in [3.8, 4) is 0 Å². The van der Waals surface area contributed by atoms with Crippen molar-refractivity contribution in [1.29, 1.82) is 0 Å². The van der Waals surface area contributed by atoms with Crippen molar-refractivity contribution >= 4 is 86.3 Å². The van der Waals surface area contributed by atoms with Crippen LogP contribution in [0, 0.1) is 3.57 Å². The number of thiocarbonyl (C=S) groups is 1. The first-order valence-corrected chi connectivity index (χ1v) is 16.0. The lowest BCUT2D eigenvalue weighted by Gasteiger charge is -2.27. The Balaban J connectivity index is 2.11. The van der Waals surface area contributed by atoms with E-state index in [1.54, 1.807) is 0 Å². The molecule has 206 valence electrons. The summed E-state index contributed by atoms with van der Waals surface area (Å²) >= 11 is 25.8. The number of unbranched alkanes of at least 4 members (excludes halogenated alkanes) is 14. The molecule has 1 aromatic rings. The standard InChI is InChI=1S/C27H43Cl3IN3OS/c1-2-3-4-5-6-7-8-9-10-11-12-13-14-15-16-17-24(35)33-25(27(28,29)30)34-26(36)32-23-20-18-22(31)19-21-23/h18-21,25H,2-17H2,1H3,(H,33,35)(H2,32,34,36). The highest BCUT2D eigenvalue weighted by molar-refractivity contribution is 14.1. The zero-order chi connectivity index (χ0) is 26.7. The van der Waals surface area contributed by atoms with Crippen LogP contribution in [0.4, 0.5) is 5.69 Å². The second kappa shape index (κ2) is 20.9. The quantitative estimate of drug-likeness (QED) is 0.0445. The maximum absolute atomic E-state index is 12.4. The minimum atomic E-state index is -1.75. The zero-order valence-corrected chi connectivity index (χ0v) is 26.8. The van der Waals surface area contributed by atoms with E-state index in [0.717, 1.165) is 28.5 Å². The van der Waals surface area contributed by atoms with Crippen LogP contribution in [0.5, 0.6) is 0 Å². The maximum atomic E-state index is 12.4. The van der Waals surface area contributed by atoms with E-state index in [2.05, 4.69) is 45.5 Å². The van der Waals surface area contributed by atoms with Crippen LogP contribution >= 0.6 is 69.6 Å². The Hall–Kier alpha value is -0.0200. The third kappa shape index (κ3) is 18.3. The molecular weight excluding hydrogens is 648 g/mol. The number of carbonyl (C=O) groups excluding carboxylic acids is 1. The highest BCUT2D eigenvalue weighted by atomic mass is 127. The molecule has 0 heterocycles. The fraction of sp³-hybridized carbons (Fsp3) is 0.704. The topological polar surface area (TPSA) is 53.2 Å². The molecule has 0 saturated carbocycles. The van der Waals surface area contributed by atoms with Crippen LogP contribution in [0.2, 0.25) is 0 Å². The Morgan fingerprint density at radius 3 is 1.69 bits per heavy atom. The molecule has 9 heteroatoms. The first kappa shape index (κ1) is 34.0. The van der Waals surface area contributed by atoms with Crippen molar-refractivity contribution in [2.24, 2.45) is 0 Å². The van der Waals surface area contributed by atoms with E-state index < -0.39 is 9.96 Å². The third-order valence-corrected chi connectivity index (χ3v) is 7.61. The van der Waals surface area contributed by atoms with Gasteiger partial charge < -0.3 is 16.0 Å². The Bertz CT molecular complexity index is 732. The van der Waals surface area contributed by atoms with Crippen LogP contribution < -0.4 is 16.0 Å². The number of benzene rings is 1. The Morgan fingerprint density at radius 1 is 0.806 bits per heavy atom. The lowest BCUT2D eigenvalue weighted by atomic mass is 10.0. The number of hydrogen-bond acceptors (Lipinski definition) is 2. The molecule has 0 aliphatic heterocycles. The van der Waals surface area contributed by atoms with Crippen LogP contribution in [0.25, 0.3) is 0 Å². The number of amides is 1. The first-order chi connectivity index (χ1) is 17.2. The molecular formula is C27H43Cl3IN3OS. The van der Waals surface area contributed by atoms with E-state index >= 15 is 0 Å². The summed E-state index contributed by atoms with van der Waals surface area (Å²) in [7, 11) is 0. The molecule has 0 saturated heterocycles. The van der Waals surface area contributed by atoms with E-state index in [1.807, 2.05) is 24.3 Å². The number of carbonyl (C=O) groups is 1. The molecule has 1 aromatic carbocycles. The van der Waals surface area contributed by atoms with Gasteiger partial charge in [0.25, 0.3) is 0 Å². The Kier molecular flexibility index (Phi) is 19.7. The largest absolute Gasteiger partial charge is 0.339 e. The molecule has 0 radical (unpaired) electrons. The van der Waals surface area contributed by atoms with Crippen molar-refractivity contribution in [2.45, 2.75) is 120 Å². The molecule has 1 rings (SSSR count). The zero-order valence-electron chi connectivity index (χ0n) is 21.5. The summed E-state index contributed by atoms with van der Waals surface area (Å²) in [4.78, 5) is 12.4. The van der Waals surface area contributed by atoms with Gasteiger partial charge in [-0.2, -0.15) is 0 Å². The summed E-state index contributed by atoms with van der Waals surface area (Å²) < 4.78 is -0.634. The molecule has 36 heavy (non-hydrogen) atoms. The average molecular weight is 691 g/mol. The lowest BCUT2D eigenvalue weighted by Crippen LogP contribution is -2.56. The number of alkyl halides is 3. The summed E-state index contributed by atoms with van der Waals surface area (Å²) in [5.41, 5.74) is 0.806. The van der Waals surface area contributed by atoms with Gasteiger partial charge in [0.05, 0.1) is 0 Å². The number of nitrogens with one attached hydrogen (secondary N) is 3. The molecule has 0 fully saturated rings. The van der Waals surface area contributed by atoms with Crippen molar-refractivity contribution < 1.29 is 4.79 Å². The van der Waals surface area contributed by atoms with Crippen molar-refractivity contribution in [3.63, 3.8) is 0 Å². The number of hydrogen-bond donors (Lipinski definition) is 3. The number of halogens is 4. The van der Waals surface area contributed by atoms with Crippen LogP contribution in [0.3, 0.4) is 0 Å². The highest BCUT2D eigenvalue weighted by Crippen LogP contribution is 2.29. The number of anilines is 1. The van der Waals surface area contributed by atoms with Crippen LogP contribution in [0.1, 0.15) is 110 Å². The van der Waals surface area contributed by atoms with Crippen molar-refractivity contribution in [3.05, 3.63) is 27.8 Å². The SMILES string of the molecule is CCCCCCCCCCCCCCCCCC(=O)NC(NC(=S)Nc1ccc(I)cc1)C(Cl)(Cl)Cl. The van der Waals surface area contributed by atoms with Gasteiger partial charge in [0, 0.05) is 15.7 Å². The van der Waals surface area contributed by atoms with Gasteiger partial charge in [0.2, 0.25) is 9.70 Å². The van der Waals surface area contributed by atoms with Gasteiger partial charge in [-0.25, -0.2) is 0 Å². The fourth-order valence-corrected chi connectivity index (χ4v) is 4.84. The minimum absolute atomic E-state index is 0.161. The Labute approximate surface area is 252 Å². The molecule has 1 amide bonds. The molecule has 4 nitrogen and oxygen atoms in total. The molecule has 0 aliphatic carbocycles. The second-order valence-electron chi connectivity index (χ2n) is 9.35. The average Bonchev–Trinajstić information content (AvgIpc) is 2.82. The van der Waals surface area contributed by atoms with Crippen LogP contribution in [-0.4, -0.2) is 21.0 Å². The predicted molar refractivity (Wildman–Crippen MR) is 170 cm³/mol. The van der Waals surface area contributed by atoms with Crippen LogP contribution in [-0.2, 0) is 4.79 Å². The predicted octanol–water partition coefficient (Wildman–Crippen LogP) is 9.65. The molecule has 0 bridgehead atoms. The molecule has 0 aliphatic rings. The van der Waals surface area contributed by atoms with E-state index in [9.17, 15) is 4.79 Å². The van der Waals surface area contributed by atoms with Gasteiger partial charge in [-0.15, -0.1) is 0 Å². The smallest absolute Gasteiger partial charge is 0.228 e. The Morgan fingerprint density at radius 2 is 1.25 bits per heavy atom. The number of rotatable bonds is 19. The summed E-state index contributed by atoms with van der Waals surface area (Å²) in [5.74, 6) is -0.161. The molecule has 1 unspecified atom stereocenters. The van der Waals surface area contributed by atoms with Gasteiger partial charge in [-0.05, 0) is 65.5 Å². The summed E-state index contributed by atoms with van der Waals surface area (Å²) in [6.45, 7) is 2.27. The minimum Gasteiger partial charge on any atom is -0.339 e. The van der Waals surface area contributed by atoms with E-state index in [1.165, 1.54) is 77.0 Å². The molecule has 0 spiro atoms. The van der Waals surface area contributed by atoms with Crippen LogP contribution in [0.15, 0.2) is 24.3 Å². The monoisotopic (exact) mass is 689 g/mol. The van der Waals surface area contributed by atoms with Crippen molar-refractivity contribution in [2.75, 3.05) is 5.32 Å². The molecule has 1 atom stereocenters. The van der Waals surface area contributed by atoms with E-state index in [0.29, 0.717) is 6.42 Å². The third-order valence-electron chi connectivity index (χ3n) is 6.02. The first-order valence-electron chi connectivity index (χ1n) is 13.4. The van der Waals surface area contributed by atoms with Gasteiger partial charge in [0.15, 0.2) is 5.11 Å².